The van der Waals surface area contributed by atoms with Crippen molar-refractivity contribution in [2.45, 2.75) is 56.3 Å². The van der Waals surface area contributed by atoms with Crippen LogP contribution in [0.3, 0.4) is 0 Å². The smallest absolute Gasteiger partial charge is 0.326 e. The van der Waals surface area contributed by atoms with E-state index in [2.05, 4.69) is 33.9 Å². The highest BCUT2D eigenvalue weighted by molar-refractivity contribution is 7.80. The van der Waals surface area contributed by atoms with Gasteiger partial charge in [-0.3, -0.25) is 19.2 Å². The highest BCUT2D eigenvalue weighted by atomic mass is 32.1. The molecule has 1 fully saturated rings. The molecule has 11 nitrogen and oxygen atoms in total. The topological polar surface area (TPSA) is 174 Å². The van der Waals surface area contributed by atoms with Gasteiger partial charge in [-0.15, -0.1) is 0 Å². The van der Waals surface area contributed by atoms with Crippen LogP contribution in [0.25, 0.3) is 0 Å². The Labute approximate surface area is 202 Å². The van der Waals surface area contributed by atoms with Gasteiger partial charge >= 0.3 is 11.9 Å². The second-order valence-corrected chi connectivity index (χ2v) is 8.34. The Morgan fingerprint density at radius 3 is 2.18 bits per heavy atom. The predicted octanol–water partition coefficient (Wildman–Crippen LogP) is -0.685. The third-order valence-corrected chi connectivity index (χ3v) is 5.73. The van der Waals surface area contributed by atoms with Crippen LogP contribution in [-0.2, 0) is 30.4 Å². The minimum Gasteiger partial charge on any atom is -0.481 e. The molecule has 2 rings (SSSR count). The Morgan fingerprint density at radius 2 is 1.62 bits per heavy atom. The lowest BCUT2D eigenvalue weighted by Crippen LogP contribution is -2.57. The minimum absolute atomic E-state index is 0.00518. The fourth-order valence-electron chi connectivity index (χ4n) is 3.51. The van der Waals surface area contributed by atoms with Gasteiger partial charge in [0.1, 0.15) is 18.1 Å². The molecule has 0 aliphatic carbocycles. The van der Waals surface area contributed by atoms with Gasteiger partial charge in [0.15, 0.2) is 0 Å². The lowest BCUT2D eigenvalue weighted by Gasteiger charge is -2.24. The van der Waals surface area contributed by atoms with Crippen molar-refractivity contribution in [1.29, 1.82) is 0 Å². The van der Waals surface area contributed by atoms with Crippen molar-refractivity contribution in [3.8, 4) is 0 Å². The molecule has 0 saturated carbocycles. The molecule has 4 unspecified atom stereocenters. The Morgan fingerprint density at radius 1 is 0.971 bits per heavy atom. The number of aliphatic carboxylic acids is 2. The molecule has 1 aliphatic heterocycles. The molecular weight excluding hydrogens is 464 g/mol. The molecule has 0 aromatic heterocycles. The maximum atomic E-state index is 12.8. The van der Waals surface area contributed by atoms with Crippen LogP contribution in [0.4, 0.5) is 0 Å². The number of rotatable bonds is 13. The first-order chi connectivity index (χ1) is 16.2. The van der Waals surface area contributed by atoms with Gasteiger partial charge in [0, 0.05) is 18.6 Å². The van der Waals surface area contributed by atoms with Crippen molar-refractivity contribution in [3.05, 3.63) is 35.9 Å². The monoisotopic (exact) mass is 494 g/mol. The van der Waals surface area contributed by atoms with E-state index in [9.17, 15) is 29.1 Å². The van der Waals surface area contributed by atoms with E-state index in [4.69, 9.17) is 5.11 Å². The molecule has 0 spiro atoms. The molecule has 1 aromatic carbocycles. The fourth-order valence-corrected chi connectivity index (χ4v) is 3.76. The number of nitrogens with one attached hydrogen (secondary N) is 4. The Bertz CT molecular complexity index is 877. The SMILES string of the molecule is O=C(O)CCC(NC(=O)C(CS)NC(=O)C1CCCN1)C(=O)NC(Cc1ccccc1)C(=O)O. The van der Waals surface area contributed by atoms with Crippen LogP contribution in [0.1, 0.15) is 31.2 Å². The third kappa shape index (κ3) is 8.67. The summed E-state index contributed by atoms with van der Waals surface area (Å²) in [5, 5.41) is 29.0. The number of amides is 3. The summed E-state index contributed by atoms with van der Waals surface area (Å²) in [5.41, 5.74) is 0.680. The van der Waals surface area contributed by atoms with Crippen LogP contribution >= 0.6 is 12.6 Å². The van der Waals surface area contributed by atoms with Crippen molar-refractivity contribution in [1.82, 2.24) is 21.3 Å². The normalized spacial score (nSPS) is 17.7. The summed E-state index contributed by atoms with van der Waals surface area (Å²) in [7, 11) is 0. The Kier molecular flexibility index (Phi) is 10.8. The molecule has 0 bridgehead atoms. The second-order valence-electron chi connectivity index (χ2n) is 7.98. The number of hydrogen-bond acceptors (Lipinski definition) is 7. The van der Waals surface area contributed by atoms with E-state index in [1.165, 1.54) is 0 Å². The van der Waals surface area contributed by atoms with Crippen molar-refractivity contribution in [2.24, 2.45) is 0 Å². The molecule has 1 saturated heterocycles. The standard InChI is InChI=1S/C22H30N4O7S/c27-18(28)9-8-15(20(30)25-16(22(32)33)11-13-5-2-1-3-6-13)24-21(31)17(12-34)26-19(29)14-7-4-10-23-14/h1-3,5-6,14-17,23,34H,4,7-12H2,(H,24,31)(H,25,30)(H,26,29)(H,27,28)(H,32,33). The van der Waals surface area contributed by atoms with Gasteiger partial charge < -0.3 is 31.5 Å². The summed E-state index contributed by atoms with van der Waals surface area (Å²) in [6.45, 7) is 0.695. The fraction of sp³-hybridized carbons (Fsp3) is 0.500. The number of carboxylic acid groups (broad SMARTS) is 2. The molecule has 186 valence electrons. The molecule has 1 aliphatic rings. The van der Waals surface area contributed by atoms with Gasteiger partial charge in [-0.05, 0) is 31.4 Å². The second kappa shape index (κ2) is 13.6. The van der Waals surface area contributed by atoms with Gasteiger partial charge in [0.2, 0.25) is 17.7 Å². The first-order valence-electron chi connectivity index (χ1n) is 10.9. The highest BCUT2D eigenvalue weighted by Crippen LogP contribution is 2.08. The zero-order valence-corrected chi connectivity index (χ0v) is 19.4. The number of carboxylic acids is 2. The molecule has 12 heteroatoms. The summed E-state index contributed by atoms with van der Waals surface area (Å²) in [4.78, 5) is 60.7. The van der Waals surface area contributed by atoms with Crippen molar-refractivity contribution >= 4 is 42.3 Å². The number of carbonyl (C=O) groups excluding carboxylic acids is 3. The van der Waals surface area contributed by atoms with E-state index in [-0.39, 0.29) is 24.5 Å². The summed E-state index contributed by atoms with van der Waals surface area (Å²) >= 11 is 4.10. The first-order valence-corrected chi connectivity index (χ1v) is 11.6. The van der Waals surface area contributed by atoms with Crippen molar-refractivity contribution in [2.75, 3.05) is 12.3 Å². The van der Waals surface area contributed by atoms with E-state index < -0.39 is 54.3 Å². The van der Waals surface area contributed by atoms with Crippen LogP contribution < -0.4 is 21.3 Å². The zero-order chi connectivity index (χ0) is 25.1. The number of thiol groups is 1. The van der Waals surface area contributed by atoms with Gasteiger partial charge in [-0.2, -0.15) is 12.6 Å². The van der Waals surface area contributed by atoms with Crippen LogP contribution in [0.2, 0.25) is 0 Å². The summed E-state index contributed by atoms with van der Waals surface area (Å²) in [5.74, 6) is -4.43. The quantitative estimate of drug-likeness (QED) is 0.177. The van der Waals surface area contributed by atoms with Crippen LogP contribution in [0.15, 0.2) is 30.3 Å². The first kappa shape index (κ1) is 27.1. The molecule has 1 heterocycles. The summed E-state index contributed by atoms with van der Waals surface area (Å²) < 4.78 is 0. The highest BCUT2D eigenvalue weighted by Gasteiger charge is 2.31. The van der Waals surface area contributed by atoms with Gasteiger partial charge in [-0.25, -0.2) is 4.79 Å². The maximum absolute atomic E-state index is 12.8. The van der Waals surface area contributed by atoms with Gasteiger partial charge in [0.05, 0.1) is 6.04 Å². The molecule has 4 atom stereocenters. The van der Waals surface area contributed by atoms with Crippen molar-refractivity contribution in [3.63, 3.8) is 0 Å². The third-order valence-electron chi connectivity index (χ3n) is 5.37. The molecule has 0 radical (unpaired) electrons. The molecular formula is C22H30N4O7S. The van der Waals surface area contributed by atoms with Crippen LogP contribution in [0, 0.1) is 0 Å². The number of carbonyl (C=O) groups is 5. The minimum atomic E-state index is -1.31. The largest absolute Gasteiger partial charge is 0.481 e. The Hall–Kier alpha value is -3.12. The van der Waals surface area contributed by atoms with Crippen LogP contribution in [-0.4, -0.2) is 76.3 Å². The van der Waals surface area contributed by atoms with Gasteiger partial charge in [-0.1, -0.05) is 30.3 Å². The van der Waals surface area contributed by atoms with E-state index in [1.54, 1.807) is 30.3 Å². The Balaban J connectivity index is 2.06. The molecule has 1 aromatic rings. The van der Waals surface area contributed by atoms with E-state index in [0.29, 0.717) is 18.5 Å². The molecule has 6 N–H and O–H groups in total. The summed E-state index contributed by atoms with van der Waals surface area (Å²) in [6.07, 6.45) is 0.779. The van der Waals surface area contributed by atoms with Crippen LogP contribution in [0.5, 0.6) is 0 Å². The maximum Gasteiger partial charge on any atom is 0.326 e. The molecule has 34 heavy (non-hydrogen) atoms. The average molecular weight is 495 g/mol. The predicted molar refractivity (Wildman–Crippen MR) is 125 cm³/mol. The van der Waals surface area contributed by atoms with E-state index >= 15 is 0 Å². The average Bonchev–Trinajstić information content (AvgIpc) is 3.35. The number of hydrogen-bond donors (Lipinski definition) is 7. The molecule has 3 amide bonds. The van der Waals surface area contributed by atoms with E-state index in [1.807, 2.05) is 0 Å². The zero-order valence-electron chi connectivity index (χ0n) is 18.5. The lowest BCUT2D eigenvalue weighted by molar-refractivity contribution is -0.143. The van der Waals surface area contributed by atoms with Crippen molar-refractivity contribution < 1.29 is 34.2 Å². The van der Waals surface area contributed by atoms with E-state index in [0.717, 1.165) is 6.42 Å². The van der Waals surface area contributed by atoms with Gasteiger partial charge in [0.25, 0.3) is 0 Å². The lowest BCUT2D eigenvalue weighted by atomic mass is 10.0. The number of benzene rings is 1. The summed E-state index contributed by atoms with van der Waals surface area (Å²) in [6, 6.07) is 4.59.